The van der Waals surface area contributed by atoms with Crippen molar-refractivity contribution in [1.82, 2.24) is 0 Å². The molecule has 0 spiro atoms. The lowest BCUT2D eigenvalue weighted by Crippen LogP contribution is -2.16. The average Bonchev–Trinajstić information content (AvgIpc) is 2.81. The Balaban J connectivity index is 1.96. The van der Waals surface area contributed by atoms with Crippen molar-refractivity contribution in [2.75, 3.05) is 25.1 Å². The first kappa shape index (κ1) is 13.3. The van der Waals surface area contributed by atoms with Gasteiger partial charge in [-0.1, -0.05) is 12.1 Å². The summed E-state index contributed by atoms with van der Waals surface area (Å²) in [6.45, 7) is 2.36. The van der Waals surface area contributed by atoms with Gasteiger partial charge in [-0.15, -0.1) is 0 Å². The molecule has 1 unspecified atom stereocenters. The van der Waals surface area contributed by atoms with Gasteiger partial charge in [0.2, 0.25) is 10.0 Å². The summed E-state index contributed by atoms with van der Waals surface area (Å²) in [5, 5.41) is 8.30. The second kappa shape index (κ2) is 5.69. The number of hydrogen-bond acceptors (Lipinski definition) is 4. The Morgan fingerprint density at radius 2 is 2.17 bits per heavy atom. The van der Waals surface area contributed by atoms with Gasteiger partial charge in [0, 0.05) is 19.8 Å². The largest absolute Gasteiger partial charge is 0.384 e. The van der Waals surface area contributed by atoms with Gasteiger partial charge in [0.25, 0.3) is 0 Å². The highest BCUT2D eigenvalue weighted by Gasteiger charge is 2.16. The number of ether oxygens (including phenoxy) is 1. The number of benzene rings is 1. The third kappa shape index (κ3) is 3.44. The molecule has 1 heterocycles. The van der Waals surface area contributed by atoms with Crippen LogP contribution in [0.1, 0.15) is 12.8 Å². The van der Waals surface area contributed by atoms with Gasteiger partial charge in [-0.05, 0) is 30.9 Å². The van der Waals surface area contributed by atoms with E-state index in [0.717, 1.165) is 32.6 Å². The van der Waals surface area contributed by atoms with Gasteiger partial charge in [0.1, 0.15) is 4.90 Å². The molecule has 0 bridgehead atoms. The Labute approximate surface area is 107 Å². The first-order valence-electron chi connectivity index (χ1n) is 6.01. The van der Waals surface area contributed by atoms with Crippen molar-refractivity contribution in [2.45, 2.75) is 17.7 Å². The number of anilines is 1. The van der Waals surface area contributed by atoms with Crippen LogP contribution in [0.15, 0.2) is 29.2 Å². The van der Waals surface area contributed by atoms with Gasteiger partial charge in [-0.3, -0.25) is 0 Å². The van der Waals surface area contributed by atoms with E-state index in [1.807, 2.05) is 0 Å². The molecule has 0 radical (unpaired) electrons. The van der Waals surface area contributed by atoms with Crippen LogP contribution < -0.4 is 10.5 Å². The molecular weight excluding hydrogens is 252 g/mol. The molecule has 1 fully saturated rings. The van der Waals surface area contributed by atoms with Gasteiger partial charge in [-0.2, -0.15) is 0 Å². The zero-order valence-corrected chi connectivity index (χ0v) is 10.9. The molecule has 0 aliphatic carbocycles. The molecule has 1 aliphatic heterocycles. The fourth-order valence-corrected chi connectivity index (χ4v) is 2.80. The van der Waals surface area contributed by atoms with E-state index in [0.29, 0.717) is 11.6 Å². The van der Waals surface area contributed by atoms with E-state index in [9.17, 15) is 8.42 Å². The van der Waals surface area contributed by atoms with Crippen LogP contribution in [-0.4, -0.2) is 28.2 Å². The minimum Gasteiger partial charge on any atom is -0.384 e. The second-order valence-corrected chi connectivity index (χ2v) is 6.02. The molecule has 0 aromatic heterocycles. The van der Waals surface area contributed by atoms with Gasteiger partial charge < -0.3 is 10.1 Å². The average molecular weight is 270 g/mol. The quantitative estimate of drug-likeness (QED) is 0.841. The molecular formula is C12H18N2O3S. The fourth-order valence-electron chi connectivity index (χ4n) is 2.08. The monoisotopic (exact) mass is 270 g/mol. The molecule has 1 aromatic rings. The summed E-state index contributed by atoms with van der Waals surface area (Å²) in [4.78, 5) is 0.146. The van der Waals surface area contributed by atoms with Gasteiger partial charge in [0.15, 0.2) is 0 Å². The van der Waals surface area contributed by atoms with E-state index in [4.69, 9.17) is 9.88 Å². The smallest absolute Gasteiger partial charge is 0.240 e. The van der Waals surface area contributed by atoms with Crippen molar-refractivity contribution in [3.05, 3.63) is 24.3 Å². The molecule has 1 atom stereocenters. The van der Waals surface area contributed by atoms with E-state index in [1.54, 1.807) is 18.2 Å². The van der Waals surface area contributed by atoms with Crippen molar-refractivity contribution >= 4 is 15.7 Å². The zero-order valence-electron chi connectivity index (χ0n) is 10.1. The molecule has 18 heavy (non-hydrogen) atoms. The van der Waals surface area contributed by atoms with Crippen molar-refractivity contribution in [1.29, 1.82) is 0 Å². The maximum atomic E-state index is 11.4. The van der Waals surface area contributed by atoms with E-state index >= 15 is 0 Å². The number of nitrogens with one attached hydrogen (secondary N) is 1. The summed E-state index contributed by atoms with van der Waals surface area (Å²) in [6, 6.07) is 6.69. The lowest BCUT2D eigenvalue weighted by Gasteiger charge is -2.12. The first-order valence-corrected chi connectivity index (χ1v) is 7.55. The summed E-state index contributed by atoms with van der Waals surface area (Å²) in [6.07, 6.45) is 2.05. The lowest BCUT2D eigenvalue weighted by molar-refractivity contribution is 0.185. The minimum absolute atomic E-state index is 0.146. The van der Waals surface area contributed by atoms with Crippen LogP contribution in [-0.2, 0) is 14.8 Å². The zero-order chi connectivity index (χ0) is 13.0. The van der Waals surface area contributed by atoms with E-state index < -0.39 is 10.0 Å². The van der Waals surface area contributed by atoms with E-state index in [-0.39, 0.29) is 4.90 Å². The summed E-state index contributed by atoms with van der Waals surface area (Å²) in [5.74, 6) is 0.569. The highest BCUT2D eigenvalue weighted by atomic mass is 32.2. The number of sulfonamides is 1. The topological polar surface area (TPSA) is 81.4 Å². The van der Waals surface area contributed by atoms with Gasteiger partial charge in [-0.25, -0.2) is 13.6 Å². The van der Waals surface area contributed by atoms with Crippen LogP contribution in [0.4, 0.5) is 5.69 Å². The minimum atomic E-state index is -3.67. The number of para-hydroxylation sites is 1. The van der Waals surface area contributed by atoms with Gasteiger partial charge in [0.05, 0.1) is 5.69 Å². The Morgan fingerprint density at radius 1 is 1.39 bits per heavy atom. The van der Waals surface area contributed by atoms with E-state index in [2.05, 4.69) is 5.32 Å². The molecule has 1 saturated heterocycles. The van der Waals surface area contributed by atoms with Crippen molar-refractivity contribution in [3.63, 3.8) is 0 Å². The molecule has 1 aromatic carbocycles. The first-order chi connectivity index (χ1) is 8.57. The molecule has 0 saturated carbocycles. The Kier molecular flexibility index (Phi) is 4.21. The maximum Gasteiger partial charge on any atom is 0.240 e. The normalized spacial score (nSPS) is 19.9. The van der Waals surface area contributed by atoms with Crippen LogP contribution in [0, 0.1) is 5.92 Å². The van der Waals surface area contributed by atoms with E-state index in [1.165, 1.54) is 6.07 Å². The van der Waals surface area contributed by atoms with Crippen LogP contribution in [0.25, 0.3) is 0 Å². The summed E-state index contributed by atoms with van der Waals surface area (Å²) in [7, 11) is -3.67. The maximum absolute atomic E-state index is 11.4. The highest BCUT2D eigenvalue weighted by Crippen LogP contribution is 2.21. The third-order valence-corrected chi connectivity index (χ3v) is 4.05. The third-order valence-electron chi connectivity index (χ3n) is 3.09. The molecule has 2 rings (SSSR count). The molecule has 5 nitrogen and oxygen atoms in total. The van der Waals surface area contributed by atoms with Crippen LogP contribution >= 0.6 is 0 Å². The van der Waals surface area contributed by atoms with Crippen molar-refractivity contribution in [2.24, 2.45) is 11.1 Å². The number of hydrogen-bond donors (Lipinski definition) is 2. The van der Waals surface area contributed by atoms with Crippen LogP contribution in [0.3, 0.4) is 0 Å². The molecule has 3 N–H and O–H groups in total. The second-order valence-electron chi connectivity index (χ2n) is 4.49. The van der Waals surface area contributed by atoms with Crippen molar-refractivity contribution in [3.8, 4) is 0 Å². The number of rotatable bonds is 5. The molecule has 100 valence electrons. The summed E-state index contributed by atoms with van der Waals surface area (Å²) < 4.78 is 28.1. The summed E-state index contributed by atoms with van der Waals surface area (Å²) >= 11 is 0. The lowest BCUT2D eigenvalue weighted by atomic mass is 10.1. The Bertz CT molecular complexity index is 496. The SMILES string of the molecule is NS(=O)(=O)c1ccccc1NCCC1CCOC1. The Morgan fingerprint density at radius 3 is 2.83 bits per heavy atom. The highest BCUT2D eigenvalue weighted by molar-refractivity contribution is 7.89. The number of nitrogens with two attached hydrogens (primary N) is 1. The Hall–Kier alpha value is -1.11. The van der Waals surface area contributed by atoms with Gasteiger partial charge >= 0.3 is 0 Å². The summed E-state index contributed by atoms with van der Waals surface area (Å²) in [5.41, 5.74) is 0.568. The molecule has 0 amide bonds. The number of primary sulfonamides is 1. The van der Waals surface area contributed by atoms with Crippen LogP contribution in [0.5, 0.6) is 0 Å². The fraction of sp³-hybridized carbons (Fsp3) is 0.500. The molecule has 6 heteroatoms. The molecule has 1 aliphatic rings. The standard InChI is InChI=1S/C12H18N2O3S/c13-18(15,16)12-4-2-1-3-11(12)14-7-5-10-6-8-17-9-10/h1-4,10,14H,5-9H2,(H2,13,15,16). The predicted molar refractivity (Wildman–Crippen MR) is 69.8 cm³/mol. The predicted octanol–water partition coefficient (Wildman–Crippen LogP) is 1.17. The van der Waals surface area contributed by atoms with Crippen LogP contribution in [0.2, 0.25) is 0 Å². The van der Waals surface area contributed by atoms with Crippen molar-refractivity contribution < 1.29 is 13.2 Å².